The highest BCUT2D eigenvalue weighted by Gasteiger charge is 2.04. The SMILES string of the molecule is NC(=O)C(=O)NCC=NO. The molecule has 0 rings (SSSR count). The number of rotatable bonds is 2. The number of nitrogens with zero attached hydrogens (tertiary/aromatic N) is 1. The lowest BCUT2D eigenvalue weighted by Crippen LogP contribution is -2.36. The highest BCUT2D eigenvalue weighted by Crippen LogP contribution is 1.60. The van der Waals surface area contributed by atoms with Gasteiger partial charge in [0.15, 0.2) is 0 Å². The van der Waals surface area contributed by atoms with Crippen LogP contribution in [0.2, 0.25) is 0 Å². The summed E-state index contributed by atoms with van der Waals surface area (Å²) < 4.78 is 0. The summed E-state index contributed by atoms with van der Waals surface area (Å²) >= 11 is 0. The normalized spacial score (nSPS) is 9.60. The first-order valence-electron chi connectivity index (χ1n) is 2.42. The molecule has 0 saturated heterocycles. The molecule has 0 aromatic carbocycles. The lowest BCUT2D eigenvalue weighted by Gasteiger charge is -1.93. The Morgan fingerprint density at radius 1 is 1.70 bits per heavy atom. The summed E-state index contributed by atoms with van der Waals surface area (Å²) in [5.41, 5.74) is 4.56. The average Bonchev–Trinajstić information content (AvgIpc) is 1.88. The monoisotopic (exact) mass is 145 g/mol. The van der Waals surface area contributed by atoms with Crippen LogP contribution in [0.3, 0.4) is 0 Å². The molecule has 0 aliphatic carbocycles. The van der Waals surface area contributed by atoms with E-state index in [1.54, 1.807) is 0 Å². The Labute approximate surface area is 56.7 Å². The molecule has 6 heteroatoms. The minimum absolute atomic E-state index is 0.0156. The number of oxime groups is 1. The molecule has 0 saturated carbocycles. The Bertz CT molecular complexity index is 165. The van der Waals surface area contributed by atoms with Crippen LogP contribution in [0.15, 0.2) is 5.16 Å². The summed E-state index contributed by atoms with van der Waals surface area (Å²) in [6.07, 6.45) is 1.01. The number of hydrogen-bond donors (Lipinski definition) is 3. The van der Waals surface area contributed by atoms with E-state index in [0.717, 1.165) is 6.21 Å². The highest BCUT2D eigenvalue weighted by molar-refractivity contribution is 6.34. The third-order valence-electron chi connectivity index (χ3n) is 0.659. The Balaban J connectivity index is 3.50. The van der Waals surface area contributed by atoms with Crippen molar-refractivity contribution in [2.45, 2.75) is 0 Å². The fourth-order valence-electron chi connectivity index (χ4n) is 0.266. The maximum atomic E-state index is 10.3. The largest absolute Gasteiger partial charge is 0.411 e. The molecule has 0 aliphatic heterocycles. The fourth-order valence-corrected chi connectivity index (χ4v) is 0.266. The summed E-state index contributed by atoms with van der Waals surface area (Å²) in [4.78, 5) is 20.3. The average molecular weight is 145 g/mol. The van der Waals surface area contributed by atoms with Crippen molar-refractivity contribution < 1.29 is 14.8 Å². The Kier molecular flexibility index (Phi) is 3.62. The Hall–Kier alpha value is -1.59. The third-order valence-corrected chi connectivity index (χ3v) is 0.659. The second kappa shape index (κ2) is 4.30. The number of carbonyl (C=O) groups excluding carboxylic acids is 2. The Morgan fingerprint density at radius 3 is 2.70 bits per heavy atom. The highest BCUT2D eigenvalue weighted by atomic mass is 16.4. The summed E-state index contributed by atoms with van der Waals surface area (Å²) in [5, 5.41) is 12.5. The van der Waals surface area contributed by atoms with E-state index in [9.17, 15) is 9.59 Å². The molecule has 0 heterocycles. The van der Waals surface area contributed by atoms with Gasteiger partial charge in [-0.3, -0.25) is 9.59 Å². The number of nitrogens with two attached hydrogens (primary N) is 1. The van der Waals surface area contributed by atoms with E-state index < -0.39 is 11.8 Å². The van der Waals surface area contributed by atoms with Gasteiger partial charge in [0, 0.05) is 0 Å². The molecule has 10 heavy (non-hydrogen) atoms. The van der Waals surface area contributed by atoms with Gasteiger partial charge >= 0.3 is 11.8 Å². The van der Waals surface area contributed by atoms with Crippen LogP contribution < -0.4 is 11.1 Å². The summed E-state index contributed by atoms with van der Waals surface area (Å²) in [7, 11) is 0. The summed E-state index contributed by atoms with van der Waals surface area (Å²) in [6.45, 7) is -0.0156. The molecular formula is C4H7N3O3. The van der Waals surface area contributed by atoms with Gasteiger partial charge in [0.05, 0.1) is 12.8 Å². The predicted octanol–water partition coefficient (Wildman–Crippen LogP) is -1.95. The van der Waals surface area contributed by atoms with Gasteiger partial charge in [-0.05, 0) is 0 Å². The first-order chi connectivity index (χ1) is 4.68. The van der Waals surface area contributed by atoms with E-state index in [1.165, 1.54) is 0 Å². The van der Waals surface area contributed by atoms with Gasteiger partial charge in [-0.1, -0.05) is 0 Å². The van der Waals surface area contributed by atoms with Gasteiger partial charge < -0.3 is 16.3 Å². The maximum absolute atomic E-state index is 10.3. The van der Waals surface area contributed by atoms with Crippen LogP contribution in [0, 0.1) is 0 Å². The summed E-state index contributed by atoms with van der Waals surface area (Å²) in [5.74, 6) is -1.97. The molecule has 0 atom stereocenters. The quantitative estimate of drug-likeness (QED) is 0.182. The molecule has 0 aromatic rings. The topological polar surface area (TPSA) is 105 Å². The van der Waals surface area contributed by atoms with Crippen molar-refractivity contribution in [3.05, 3.63) is 0 Å². The molecule has 56 valence electrons. The molecule has 0 aromatic heterocycles. The van der Waals surface area contributed by atoms with Crippen molar-refractivity contribution in [3.8, 4) is 0 Å². The number of amides is 2. The number of nitrogens with one attached hydrogen (secondary N) is 1. The van der Waals surface area contributed by atoms with Gasteiger partial charge in [0.25, 0.3) is 0 Å². The van der Waals surface area contributed by atoms with E-state index in [2.05, 4.69) is 16.2 Å². The van der Waals surface area contributed by atoms with Crippen LogP contribution in [0.4, 0.5) is 0 Å². The maximum Gasteiger partial charge on any atom is 0.309 e. The van der Waals surface area contributed by atoms with Crippen molar-refractivity contribution in [1.29, 1.82) is 0 Å². The molecule has 0 bridgehead atoms. The van der Waals surface area contributed by atoms with Crippen LogP contribution in [0.5, 0.6) is 0 Å². The lowest BCUT2D eigenvalue weighted by molar-refractivity contribution is -0.137. The van der Waals surface area contributed by atoms with Crippen molar-refractivity contribution >= 4 is 18.0 Å². The first kappa shape index (κ1) is 8.41. The van der Waals surface area contributed by atoms with Gasteiger partial charge in [0.1, 0.15) is 0 Å². The Morgan fingerprint density at radius 2 is 2.30 bits per heavy atom. The van der Waals surface area contributed by atoms with E-state index in [0.29, 0.717) is 0 Å². The minimum Gasteiger partial charge on any atom is -0.411 e. The molecule has 0 fully saturated rings. The molecule has 2 amide bonds. The molecule has 0 aliphatic rings. The predicted molar refractivity (Wildman–Crippen MR) is 32.5 cm³/mol. The number of carbonyl (C=O) groups is 2. The number of primary amides is 1. The molecule has 6 nitrogen and oxygen atoms in total. The zero-order chi connectivity index (χ0) is 7.98. The minimum atomic E-state index is -1.06. The molecule has 0 spiro atoms. The van der Waals surface area contributed by atoms with Gasteiger partial charge in [-0.2, -0.15) is 0 Å². The smallest absolute Gasteiger partial charge is 0.309 e. The van der Waals surface area contributed by atoms with Crippen molar-refractivity contribution in [3.63, 3.8) is 0 Å². The van der Waals surface area contributed by atoms with Crippen LogP contribution in [0.25, 0.3) is 0 Å². The fraction of sp³-hybridized carbons (Fsp3) is 0.250. The molecule has 4 N–H and O–H groups in total. The zero-order valence-electron chi connectivity index (χ0n) is 5.07. The third kappa shape index (κ3) is 3.42. The molecule has 0 radical (unpaired) electrons. The van der Waals surface area contributed by atoms with Gasteiger partial charge in [-0.25, -0.2) is 0 Å². The molecular weight excluding hydrogens is 138 g/mol. The van der Waals surface area contributed by atoms with Crippen LogP contribution >= 0.6 is 0 Å². The van der Waals surface area contributed by atoms with Crippen molar-refractivity contribution in [2.24, 2.45) is 10.9 Å². The van der Waals surface area contributed by atoms with Crippen LogP contribution in [-0.2, 0) is 9.59 Å². The number of hydrogen-bond acceptors (Lipinski definition) is 4. The van der Waals surface area contributed by atoms with E-state index in [-0.39, 0.29) is 6.54 Å². The van der Waals surface area contributed by atoms with Crippen molar-refractivity contribution in [1.82, 2.24) is 5.32 Å². The second-order valence-electron chi connectivity index (χ2n) is 1.37. The standard InChI is InChI=1S/C4H7N3O3/c5-3(8)4(9)6-1-2-7-10/h2,10H,1H2,(H2,5,8)(H,6,9). The van der Waals surface area contributed by atoms with Crippen LogP contribution in [0.1, 0.15) is 0 Å². The zero-order valence-corrected chi connectivity index (χ0v) is 5.07. The van der Waals surface area contributed by atoms with E-state index in [1.807, 2.05) is 0 Å². The second-order valence-corrected chi connectivity index (χ2v) is 1.37. The first-order valence-corrected chi connectivity index (χ1v) is 2.42. The lowest BCUT2D eigenvalue weighted by atomic mass is 10.5. The van der Waals surface area contributed by atoms with E-state index in [4.69, 9.17) is 5.21 Å². The van der Waals surface area contributed by atoms with Crippen molar-refractivity contribution in [2.75, 3.05) is 6.54 Å². The molecule has 0 unspecified atom stereocenters. The van der Waals surface area contributed by atoms with Gasteiger partial charge in [-0.15, -0.1) is 5.16 Å². The van der Waals surface area contributed by atoms with Crippen LogP contribution in [-0.4, -0.2) is 29.8 Å². The van der Waals surface area contributed by atoms with Gasteiger partial charge in [0.2, 0.25) is 0 Å². The van der Waals surface area contributed by atoms with E-state index >= 15 is 0 Å². The summed E-state index contributed by atoms with van der Waals surface area (Å²) in [6, 6.07) is 0.